The van der Waals surface area contributed by atoms with Crippen LogP contribution in [0.3, 0.4) is 0 Å². The topological polar surface area (TPSA) is 49.9 Å². The maximum absolute atomic E-state index is 7.29. The fourth-order valence-corrected chi connectivity index (χ4v) is 2.45. The fraction of sp³-hybridized carbons (Fsp3) is 0.900. The van der Waals surface area contributed by atoms with E-state index in [0.717, 1.165) is 12.2 Å². The number of rotatable bonds is 4. The molecule has 0 atom stereocenters. The molecule has 0 aromatic carbocycles. The molecule has 0 heterocycles. The van der Waals surface area contributed by atoms with E-state index in [9.17, 15) is 0 Å². The third-order valence-electron chi connectivity index (χ3n) is 2.33. The fourth-order valence-electron chi connectivity index (χ4n) is 1.32. The Labute approximate surface area is 85.2 Å². The molecule has 0 radical (unpaired) electrons. The van der Waals surface area contributed by atoms with Crippen molar-refractivity contribution in [3.8, 4) is 0 Å². The summed E-state index contributed by atoms with van der Waals surface area (Å²) in [4.78, 5) is 0. The predicted molar refractivity (Wildman–Crippen MR) is 60.4 cm³/mol. The molecule has 76 valence electrons. The van der Waals surface area contributed by atoms with E-state index in [1.165, 1.54) is 12.8 Å². The van der Waals surface area contributed by atoms with Crippen LogP contribution in [0.4, 0.5) is 0 Å². The van der Waals surface area contributed by atoms with Gasteiger partial charge in [0.05, 0.1) is 5.84 Å². The summed E-state index contributed by atoms with van der Waals surface area (Å²) < 4.78 is 0.340. The van der Waals surface area contributed by atoms with Crippen molar-refractivity contribution in [1.29, 1.82) is 5.41 Å². The van der Waals surface area contributed by atoms with E-state index < -0.39 is 0 Å². The summed E-state index contributed by atoms with van der Waals surface area (Å²) in [6, 6.07) is 0. The average Bonchev–Trinajstić information content (AvgIpc) is 2.63. The second kappa shape index (κ2) is 3.52. The molecule has 13 heavy (non-hydrogen) atoms. The number of hydrogen-bond donors (Lipinski definition) is 2. The summed E-state index contributed by atoms with van der Waals surface area (Å²) in [7, 11) is 0. The third kappa shape index (κ3) is 4.03. The lowest BCUT2D eigenvalue weighted by molar-refractivity contribution is 0.607. The summed E-state index contributed by atoms with van der Waals surface area (Å²) in [6.07, 6.45) is 3.32. The quantitative estimate of drug-likeness (QED) is 0.541. The van der Waals surface area contributed by atoms with E-state index in [1.807, 2.05) is 11.8 Å². The summed E-state index contributed by atoms with van der Waals surface area (Å²) >= 11 is 1.99. The Morgan fingerprint density at radius 1 is 1.46 bits per heavy atom. The summed E-state index contributed by atoms with van der Waals surface area (Å²) in [5.74, 6) is 1.52. The Kier molecular flexibility index (Phi) is 2.95. The van der Waals surface area contributed by atoms with E-state index in [2.05, 4.69) is 20.8 Å². The molecular weight excluding hydrogens is 180 g/mol. The van der Waals surface area contributed by atoms with Crippen molar-refractivity contribution in [3.63, 3.8) is 0 Å². The Morgan fingerprint density at radius 2 is 2.00 bits per heavy atom. The maximum atomic E-state index is 7.29. The van der Waals surface area contributed by atoms with Crippen LogP contribution < -0.4 is 5.73 Å². The summed E-state index contributed by atoms with van der Waals surface area (Å²) in [5, 5.41) is 7.29. The highest BCUT2D eigenvalue weighted by Crippen LogP contribution is 2.52. The first kappa shape index (κ1) is 10.9. The molecule has 0 saturated heterocycles. The van der Waals surface area contributed by atoms with Gasteiger partial charge in [-0.3, -0.25) is 5.41 Å². The van der Waals surface area contributed by atoms with Crippen LogP contribution in [0.25, 0.3) is 0 Å². The summed E-state index contributed by atoms with van der Waals surface area (Å²) in [6.45, 7) is 6.71. The van der Waals surface area contributed by atoms with Crippen LogP contribution in [0.2, 0.25) is 0 Å². The zero-order valence-electron chi connectivity index (χ0n) is 8.81. The minimum Gasteiger partial charge on any atom is -0.388 e. The summed E-state index contributed by atoms with van der Waals surface area (Å²) in [5.41, 5.74) is 5.82. The highest BCUT2D eigenvalue weighted by atomic mass is 32.2. The molecule has 2 nitrogen and oxygen atoms in total. The first-order valence-corrected chi connectivity index (χ1v) is 5.78. The van der Waals surface area contributed by atoms with Crippen molar-refractivity contribution in [2.75, 3.05) is 5.75 Å². The van der Waals surface area contributed by atoms with Crippen LogP contribution in [0.1, 0.15) is 40.0 Å². The zero-order chi connectivity index (χ0) is 10.1. The molecular formula is C10H20N2S. The van der Waals surface area contributed by atoms with Gasteiger partial charge in [-0.15, -0.1) is 0 Å². The average molecular weight is 200 g/mol. The maximum Gasteiger partial charge on any atom is 0.0911 e. The number of nitrogens with two attached hydrogens (primary N) is 1. The highest BCUT2D eigenvalue weighted by Gasteiger charge is 2.43. The Morgan fingerprint density at radius 3 is 2.31 bits per heavy atom. The first-order chi connectivity index (χ1) is 5.83. The predicted octanol–water partition coefficient (Wildman–Crippen LogP) is 2.62. The van der Waals surface area contributed by atoms with Crippen molar-refractivity contribution in [2.24, 2.45) is 11.1 Å². The molecule has 0 bridgehead atoms. The van der Waals surface area contributed by atoms with Gasteiger partial charge in [-0.05, 0) is 24.0 Å². The largest absolute Gasteiger partial charge is 0.388 e. The number of amidine groups is 1. The van der Waals surface area contributed by atoms with Gasteiger partial charge in [0.1, 0.15) is 0 Å². The van der Waals surface area contributed by atoms with Crippen molar-refractivity contribution < 1.29 is 0 Å². The van der Waals surface area contributed by atoms with E-state index in [0.29, 0.717) is 16.0 Å². The molecule has 1 rings (SSSR count). The zero-order valence-corrected chi connectivity index (χ0v) is 9.63. The van der Waals surface area contributed by atoms with Gasteiger partial charge in [0.2, 0.25) is 0 Å². The first-order valence-electron chi connectivity index (χ1n) is 4.80. The molecule has 1 aliphatic carbocycles. The van der Waals surface area contributed by atoms with Gasteiger partial charge in [0, 0.05) is 11.2 Å². The minimum atomic E-state index is 0.340. The van der Waals surface area contributed by atoms with Gasteiger partial charge >= 0.3 is 0 Å². The Balaban J connectivity index is 2.32. The van der Waals surface area contributed by atoms with Crippen molar-refractivity contribution >= 4 is 17.6 Å². The highest BCUT2D eigenvalue weighted by molar-refractivity contribution is 8.00. The SMILES string of the molecule is CC(C)(C)SCC1(CC(=N)N)CC1. The van der Waals surface area contributed by atoms with E-state index in [1.54, 1.807) is 0 Å². The number of thioether (sulfide) groups is 1. The molecule has 0 aromatic rings. The van der Waals surface area contributed by atoms with Crippen LogP contribution >= 0.6 is 11.8 Å². The molecule has 0 amide bonds. The Hall–Kier alpha value is -0.180. The standard InChI is InChI=1S/C10H20N2S/c1-9(2,3)13-7-10(4-5-10)6-8(11)12/h4-7H2,1-3H3,(H3,11,12). The van der Waals surface area contributed by atoms with E-state index in [-0.39, 0.29) is 0 Å². The molecule has 3 heteroatoms. The molecule has 0 aromatic heterocycles. The number of nitrogens with one attached hydrogen (secondary N) is 1. The van der Waals surface area contributed by atoms with Crippen LogP contribution in [0, 0.1) is 10.8 Å². The second-order valence-corrected chi connectivity index (χ2v) is 6.91. The smallest absolute Gasteiger partial charge is 0.0911 e. The van der Waals surface area contributed by atoms with E-state index >= 15 is 0 Å². The van der Waals surface area contributed by atoms with Crippen LogP contribution in [0.5, 0.6) is 0 Å². The molecule has 3 N–H and O–H groups in total. The van der Waals surface area contributed by atoms with Gasteiger partial charge in [0.15, 0.2) is 0 Å². The lowest BCUT2D eigenvalue weighted by atomic mass is 10.1. The molecule has 1 fully saturated rings. The lowest BCUT2D eigenvalue weighted by Crippen LogP contribution is -2.20. The Bertz CT molecular complexity index is 201. The van der Waals surface area contributed by atoms with Gasteiger partial charge in [-0.2, -0.15) is 11.8 Å². The minimum absolute atomic E-state index is 0.340. The molecule has 1 saturated carbocycles. The monoisotopic (exact) mass is 200 g/mol. The van der Waals surface area contributed by atoms with Crippen LogP contribution in [-0.2, 0) is 0 Å². The molecule has 0 spiro atoms. The van der Waals surface area contributed by atoms with Crippen LogP contribution in [0.15, 0.2) is 0 Å². The molecule has 1 aliphatic rings. The van der Waals surface area contributed by atoms with E-state index in [4.69, 9.17) is 11.1 Å². The van der Waals surface area contributed by atoms with Gasteiger partial charge < -0.3 is 5.73 Å². The van der Waals surface area contributed by atoms with Gasteiger partial charge in [-0.1, -0.05) is 20.8 Å². The normalized spacial score (nSPS) is 19.9. The number of hydrogen-bond acceptors (Lipinski definition) is 2. The van der Waals surface area contributed by atoms with Gasteiger partial charge in [0.25, 0.3) is 0 Å². The molecule has 0 unspecified atom stereocenters. The van der Waals surface area contributed by atoms with Crippen molar-refractivity contribution in [1.82, 2.24) is 0 Å². The molecule has 0 aliphatic heterocycles. The van der Waals surface area contributed by atoms with Crippen molar-refractivity contribution in [2.45, 2.75) is 44.8 Å². The van der Waals surface area contributed by atoms with Crippen molar-refractivity contribution in [3.05, 3.63) is 0 Å². The second-order valence-electron chi connectivity index (χ2n) is 5.10. The van der Waals surface area contributed by atoms with Gasteiger partial charge in [-0.25, -0.2) is 0 Å². The third-order valence-corrected chi connectivity index (χ3v) is 3.96. The van der Waals surface area contributed by atoms with Crippen LogP contribution in [-0.4, -0.2) is 16.3 Å². The lowest BCUT2D eigenvalue weighted by Gasteiger charge is -2.22.